The maximum absolute atomic E-state index is 9.41. The van der Waals surface area contributed by atoms with E-state index in [0.717, 1.165) is 25.0 Å². The van der Waals surface area contributed by atoms with E-state index in [1.54, 1.807) is 0 Å². The molecule has 0 aliphatic heterocycles. The molecule has 18 heavy (non-hydrogen) atoms. The average Bonchev–Trinajstić information content (AvgIpc) is 3.10. The molecule has 1 heterocycles. The van der Waals surface area contributed by atoms with Crippen molar-refractivity contribution in [1.29, 1.82) is 5.26 Å². The molecule has 2 saturated carbocycles. The molecule has 0 atom stereocenters. The molecular formula is C15H21N3. The smallest absolute Gasteiger partial charge is 0.0693 e. The van der Waals surface area contributed by atoms with E-state index in [2.05, 4.69) is 23.0 Å². The van der Waals surface area contributed by atoms with E-state index in [1.807, 2.05) is 0 Å². The van der Waals surface area contributed by atoms with Gasteiger partial charge in [-0.15, -0.1) is 0 Å². The van der Waals surface area contributed by atoms with Gasteiger partial charge in [-0.3, -0.25) is 4.68 Å². The maximum atomic E-state index is 9.41. The van der Waals surface area contributed by atoms with Gasteiger partial charge in [0.1, 0.15) is 0 Å². The third-order valence-electron chi connectivity index (χ3n) is 4.68. The third-order valence-corrected chi connectivity index (χ3v) is 4.68. The standard InChI is InChI=1S/C15H21N3/c16-12-15(8-3-4-9-15)11-13-7-10-18(17-13)14-5-1-2-6-14/h7,10,14H,1-6,8-9,11H2. The van der Waals surface area contributed by atoms with Crippen LogP contribution in [0.3, 0.4) is 0 Å². The van der Waals surface area contributed by atoms with Crippen LogP contribution in [0.25, 0.3) is 0 Å². The van der Waals surface area contributed by atoms with Crippen molar-refractivity contribution >= 4 is 0 Å². The van der Waals surface area contributed by atoms with Crippen LogP contribution in [-0.4, -0.2) is 9.78 Å². The van der Waals surface area contributed by atoms with Crippen LogP contribution in [0, 0.1) is 16.7 Å². The van der Waals surface area contributed by atoms with Gasteiger partial charge in [-0.25, -0.2) is 0 Å². The summed E-state index contributed by atoms with van der Waals surface area (Å²) in [6, 6.07) is 5.29. The van der Waals surface area contributed by atoms with Gasteiger partial charge in [-0.05, 0) is 31.7 Å². The van der Waals surface area contributed by atoms with Gasteiger partial charge in [-0.1, -0.05) is 25.7 Å². The lowest BCUT2D eigenvalue weighted by molar-refractivity contribution is 0.394. The second-order valence-electron chi connectivity index (χ2n) is 6.00. The van der Waals surface area contributed by atoms with Crippen molar-refractivity contribution in [2.75, 3.05) is 0 Å². The molecule has 2 aliphatic rings. The van der Waals surface area contributed by atoms with Crippen molar-refractivity contribution in [3.05, 3.63) is 18.0 Å². The Kier molecular flexibility index (Phi) is 3.11. The van der Waals surface area contributed by atoms with Crippen molar-refractivity contribution in [3.8, 4) is 6.07 Å². The number of hydrogen-bond acceptors (Lipinski definition) is 2. The van der Waals surface area contributed by atoms with Crippen LogP contribution >= 0.6 is 0 Å². The zero-order valence-electron chi connectivity index (χ0n) is 10.9. The first-order valence-corrected chi connectivity index (χ1v) is 7.27. The van der Waals surface area contributed by atoms with Gasteiger partial charge in [0, 0.05) is 12.6 Å². The van der Waals surface area contributed by atoms with Crippen molar-refractivity contribution < 1.29 is 0 Å². The minimum Gasteiger partial charge on any atom is -0.269 e. The summed E-state index contributed by atoms with van der Waals surface area (Å²) in [6.45, 7) is 0. The summed E-state index contributed by atoms with van der Waals surface area (Å²) in [5, 5.41) is 14.1. The van der Waals surface area contributed by atoms with E-state index in [4.69, 9.17) is 5.10 Å². The highest BCUT2D eigenvalue weighted by atomic mass is 15.3. The summed E-state index contributed by atoms with van der Waals surface area (Å²) >= 11 is 0. The molecule has 1 aromatic heterocycles. The first-order valence-electron chi connectivity index (χ1n) is 7.27. The summed E-state index contributed by atoms with van der Waals surface area (Å²) in [5.41, 5.74) is 1.000. The molecule has 0 radical (unpaired) electrons. The molecule has 2 aliphatic carbocycles. The van der Waals surface area contributed by atoms with Crippen molar-refractivity contribution in [1.82, 2.24) is 9.78 Å². The van der Waals surface area contributed by atoms with Gasteiger partial charge in [0.2, 0.25) is 0 Å². The van der Waals surface area contributed by atoms with E-state index in [9.17, 15) is 5.26 Å². The Balaban J connectivity index is 1.71. The second kappa shape index (κ2) is 4.76. The van der Waals surface area contributed by atoms with Crippen LogP contribution in [0.4, 0.5) is 0 Å². The molecule has 3 rings (SSSR count). The topological polar surface area (TPSA) is 41.6 Å². The van der Waals surface area contributed by atoms with E-state index in [-0.39, 0.29) is 5.41 Å². The average molecular weight is 243 g/mol. The fourth-order valence-corrected chi connectivity index (χ4v) is 3.57. The number of nitrogens with zero attached hydrogens (tertiary/aromatic N) is 3. The summed E-state index contributed by atoms with van der Waals surface area (Å²) in [6.07, 6.45) is 12.7. The fraction of sp³-hybridized carbons (Fsp3) is 0.733. The van der Waals surface area contributed by atoms with Gasteiger partial charge in [0.05, 0.1) is 23.2 Å². The monoisotopic (exact) mass is 243 g/mol. The zero-order chi connectivity index (χ0) is 12.4. The highest BCUT2D eigenvalue weighted by Crippen LogP contribution is 2.40. The summed E-state index contributed by atoms with van der Waals surface area (Å²) < 4.78 is 2.14. The molecule has 3 heteroatoms. The quantitative estimate of drug-likeness (QED) is 0.813. The Bertz CT molecular complexity index is 443. The van der Waals surface area contributed by atoms with Crippen LogP contribution in [-0.2, 0) is 6.42 Å². The number of aromatic nitrogens is 2. The molecular weight excluding hydrogens is 222 g/mol. The van der Waals surface area contributed by atoms with Gasteiger partial charge >= 0.3 is 0 Å². The van der Waals surface area contributed by atoms with Gasteiger partial charge in [0.15, 0.2) is 0 Å². The van der Waals surface area contributed by atoms with E-state index >= 15 is 0 Å². The molecule has 0 unspecified atom stereocenters. The molecule has 0 bridgehead atoms. The minimum atomic E-state index is -0.116. The fourth-order valence-electron chi connectivity index (χ4n) is 3.57. The Morgan fingerprint density at radius 3 is 2.67 bits per heavy atom. The lowest BCUT2D eigenvalue weighted by atomic mass is 9.83. The Hall–Kier alpha value is -1.30. The highest BCUT2D eigenvalue weighted by molar-refractivity contribution is 5.12. The van der Waals surface area contributed by atoms with Gasteiger partial charge < -0.3 is 0 Å². The zero-order valence-corrected chi connectivity index (χ0v) is 10.9. The molecule has 0 saturated heterocycles. The normalized spacial score (nSPS) is 23.3. The van der Waals surface area contributed by atoms with Crippen molar-refractivity contribution in [3.63, 3.8) is 0 Å². The highest BCUT2D eigenvalue weighted by Gasteiger charge is 2.34. The van der Waals surface area contributed by atoms with E-state index in [1.165, 1.54) is 38.5 Å². The molecule has 96 valence electrons. The van der Waals surface area contributed by atoms with E-state index in [0.29, 0.717) is 6.04 Å². The Morgan fingerprint density at radius 1 is 1.28 bits per heavy atom. The number of nitriles is 1. The molecule has 0 aromatic carbocycles. The predicted octanol–water partition coefficient (Wildman–Crippen LogP) is 3.62. The predicted molar refractivity (Wildman–Crippen MR) is 70.0 cm³/mol. The summed E-state index contributed by atoms with van der Waals surface area (Å²) in [7, 11) is 0. The van der Waals surface area contributed by atoms with Crippen molar-refractivity contribution in [2.24, 2.45) is 5.41 Å². The van der Waals surface area contributed by atoms with Gasteiger partial charge in [-0.2, -0.15) is 10.4 Å². The number of rotatable bonds is 3. The SMILES string of the molecule is N#CC1(Cc2ccn(C3CCCC3)n2)CCCC1. The van der Waals surface area contributed by atoms with Crippen LogP contribution in [0.15, 0.2) is 12.3 Å². The largest absolute Gasteiger partial charge is 0.269 e. The van der Waals surface area contributed by atoms with Gasteiger partial charge in [0.25, 0.3) is 0 Å². The Labute approximate surface area is 109 Å². The lowest BCUT2D eigenvalue weighted by Gasteiger charge is -2.18. The lowest BCUT2D eigenvalue weighted by Crippen LogP contribution is -2.17. The van der Waals surface area contributed by atoms with Crippen LogP contribution < -0.4 is 0 Å². The first-order chi connectivity index (χ1) is 8.81. The summed E-state index contributed by atoms with van der Waals surface area (Å²) in [4.78, 5) is 0. The first kappa shape index (κ1) is 11.8. The second-order valence-corrected chi connectivity index (χ2v) is 6.00. The minimum absolute atomic E-state index is 0.116. The van der Waals surface area contributed by atoms with Crippen molar-refractivity contribution in [2.45, 2.75) is 63.8 Å². The molecule has 0 spiro atoms. The van der Waals surface area contributed by atoms with Crippen LogP contribution in [0.5, 0.6) is 0 Å². The molecule has 1 aromatic rings. The maximum Gasteiger partial charge on any atom is 0.0693 e. The van der Waals surface area contributed by atoms with Crippen LogP contribution in [0.1, 0.15) is 63.1 Å². The third kappa shape index (κ3) is 2.16. The number of hydrogen-bond donors (Lipinski definition) is 0. The van der Waals surface area contributed by atoms with Crippen LogP contribution in [0.2, 0.25) is 0 Å². The molecule has 0 N–H and O–H groups in total. The molecule has 2 fully saturated rings. The summed E-state index contributed by atoms with van der Waals surface area (Å²) in [5.74, 6) is 0. The Morgan fingerprint density at radius 2 is 2.00 bits per heavy atom. The molecule has 0 amide bonds. The van der Waals surface area contributed by atoms with E-state index < -0.39 is 0 Å². The molecule has 3 nitrogen and oxygen atoms in total.